The van der Waals surface area contributed by atoms with Crippen molar-refractivity contribution in [1.29, 1.82) is 0 Å². The molecule has 3 amide bonds. The van der Waals surface area contributed by atoms with Crippen LogP contribution in [-0.4, -0.2) is 57.2 Å². The van der Waals surface area contributed by atoms with Gasteiger partial charge in [-0.25, -0.2) is 4.79 Å². The van der Waals surface area contributed by atoms with Crippen LogP contribution in [0.1, 0.15) is 19.8 Å². The molecule has 0 saturated carbocycles. The van der Waals surface area contributed by atoms with E-state index in [2.05, 4.69) is 12.2 Å². The molecule has 7 nitrogen and oxygen atoms in total. The Morgan fingerprint density at radius 2 is 1.96 bits per heavy atom. The molecule has 132 valence electrons. The maximum absolute atomic E-state index is 12.5. The van der Waals surface area contributed by atoms with Crippen molar-refractivity contribution in [3.63, 3.8) is 0 Å². The van der Waals surface area contributed by atoms with E-state index in [0.717, 1.165) is 18.5 Å². The molecule has 1 aromatic carbocycles. The number of urea groups is 1. The Kier molecular flexibility index (Phi) is 6.28. The lowest BCUT2D eigenvalue weighted by atomic mass is 10.2. The summed E-state index contributed by atoms with van der Waals surface area (Å²) in [6.07, 6.45) is 1.97. The molecule has 1 saturated heterocycles. The van der Waals surface area contributed by atoms with Crippen molar-refractivity contribution in [2.45, 2.75) is 19.8 Å². The van der Waals surface area contributed by atoms with Gasteiger partial charge in [0.05, 0.1) is 14.2 Å². The first kappa shape index (κ1) is 17.9. The molecule has 0 atom stereocenters. The minimum absolute atomic E-state index is 0.0896. The van der Waals surface area contributed by atoms with Gasteiger partial charge in [-0.2, -0.15) is 0 Å². The summed E-state index contributed by atoms with van der Waals surface area (Å²) in [5.41, 5.74) is 0.728. The minimum atomic E-state index is -0.173. The van der Waals surface area contributed by atoms with Gasteiger partial charge in [0.25, 0.3) is 0 Å². The highest BCUT2D eigenvalue weighted by Crippen LogP contribution is 2.32. The maximum atomic E-state index is 12.5. The topological polar surface area (TPSA) is 71.1 Å². The van der Waals surface area contributed by atoms with E-state index in [-0.39, 0.29) is 18.5 Å². The molecule has 0 aliphatic carbocycles. The van der Waals surface area contributed by atoms with Crippen molar-refractivity contribution in [1.82, 2.24) is 10.2 Å². The first-order valence-electron chi connectivity index (χ1n) is 8.15. The number of hydrogen-bond donors (Lipinski definition) is 1. The Bertz CT molecular complexity index is 591. The fourth-order valence-electron chi connectivity index (χ4n) is 2.60. The van der Waals surface area contributed by atoms with Crippen LogP contribution in [0.25, 0.3) is 0 Å². The lowest BCUT2D eigenvalue weighted by Gasteiger charge is -2.19. The van der Waals surface area contributed by atoms with Crippen LogP contribution in [0.3, 0.4) is 0 Å². The van der Waals surface area contributed by atoms with Crippen LogP contribution in [0.2, 0.25) is 0 Å². The largest absolute Gasteiger partial charge is 0.493 e. The highest BCUT2D eigenvalue weighted by atomic mass is 16.5. The second-order valence-electron chi connectivity index (χ2n) is 5.60. The molecule has 1 heterocycles. The summed E-state index contributed by atoms with van der Waals surface area (Å²) >= 11 is 0. The predicted molar refractivity (Wildman–Crippen MR) is 91.8 cm³/mol. The zero-order chi connectivity index (χ0) is 17.5. The summed E-state index contributed by atoms with van der Waals surface area (Å²) in [5, 5.41) is 2.83. The van der Waals surface area contributed by atoms with Crippen molar-refractivity contribution < 1.29 is 19.1 Å². The Balaban J connectivity index is 1.99. The summed E-state index contributed by atoms with van der Waals surface area (Å²) in [5.74, 6) is 1.06. The molecule has 0 spiro atoms. The van der Waals surface area contributed by atoms with Crippen molar-refractivity contribution in [3.05, 3.63) is 18.2 Å². The first-order valence-corrected chi connectivity index (χ1v) is 8.15. The van der Waals surface area contributed by atoms with Crippen molar-refractivity contribution >= 4 is 17.6 Å². The maximum Gasteiger partial charge on any atom is 0.325 e. The molecule has 0 unspecified atom stereocenters. The van der Waals surface area contributed by atoms with E-state index in [9.17, 15) is 9.59 Å². The first-order chi connectivity index (χ1) is 11.6. The highest BCUT2D eigenvalue weighted by Gasteiger charge is 2.31. The number of anilines is 1. The van der Waals surface area contributed by atoms with Gasteiger partial charge in [-0.15, -0.1) is 0 Å². The molecule has 0 bridgehead atoms. The third kappa shape index (κ3) is 4.10. The van der Waals surface area contributed by atoms with Gasteiger partial charge < -0.3 is 19.7 Å². The normalized spacial score (nSPS) is 14.0. The Morgan fingerprint density at radius 1 is 1.21 bits per heavy atom. The molecule has 0 radical (unpaired) electrons. The van der Waals surface area contributed by atoms with Crippen LogP contribution >= 0.6 is 0 Å². The third-order valence-corrected chi connectivity index (χ3v) is 3.96. The molecule has 0 aromatic heterocycles. The molecule has 1 fully saturated rings. The minimum Gasteiger partial charge on any atom is -0.493 e. The number of unbranched alkanes of at least 4 members (excludes halogenated alkanes) is 1. The summed E-state index contributed by atoms with van der Waals surface area (Å²) in [7, 11) is 3.12. The van der Waals surface area contributed by atoms with Gasteiger partial charge in [-0.05, 0) is 18.6 Å². The predicted octanol–water partition coefficient (Wildman–Crippen LogP) is 1.86. The van der Waals surface area contributed by atoms with E-state index < -0.39 is 0 Å². The standard InChI is InChI=1S/C17H25N3O4/c1-4-5-8-18-16(21)12-19-9-10-20(17(19)22)13-6-7-14(23-2)15(11-13)24-3/h6-7,11H,4-5,8-10,12H2,1-3H3,(H,18,21). The van der Waals surface area contributed by atoms with Crippen molar-refractivity contribution in [3.8, 4) is 11.5 Å². The molecular formula is C17H25N3O4. The average molecular weight is 335 g/mol. The van der Waals surface area contributed by atoms with Gasteiger partial charge in [0.1, 0.15) is 6.54 Å². The number of methoxy groups -OCH3 is 2. The van der Waals surface area contributed by atoms with E-state index in [1.165, 1.54) is 0 Å². The number of ether oxygens (including phenoxy) is 2. The smallest absolute Gasteiger partial charge is 0.325 e. The molecule has 1 aromatic rings. The summed E-state index contributed by atoms with van der Waals surface area (Å²) in [4.78, 5) is 27.6. The number of benzene rings is 1. The van der Waals surface area contributed by atoms with Gasteiger partial charge in [0.2, 0.25) is 5.91 Å². The number of nitrogens with one attached hydrogen (secondary N) is 1. The molecule has 1 N–H and O–H groups in total. The quantitative estimate of drug-likeness (QED) is 0.736. The number of carbonyl (C=O) groups is 2. The van der Waals surface area contributed by atoms with Gasteiger partial charge >= 0.3 is 6.03 Å². The highest BCUT2D eigenvalue weighted by molar-refractivity contribution is 5.96. The van der Waals surface area contributed by atoms with E-state index in [4.69, 9.17) is 9.47 Å². The van der Waals surface area contributed by atoms with Crippen LogP contribution in [-0.2, 0) is 4.79 Å². The lowest BCUT2D eigenvalue weighted by Crippen LogP contribution is -2.40. The Hall–Kier alpha value is -2.44. The molecule has 7 heteroatoms. The second kappa shape index (κ2) is 8.42. The van der Waals surface area contributed by atoms with Gasteiger partial charge in [-0.3, -0.25) is 9.69 Å². The SMILES string of the molecule is CCCCNC(=O)CN1CCN(c2ccc(OC)c(OC)c2)C1=O. The number of nitrogens with zero attached hydrogens (tertiary/aromatic N) is 2. The van der Waals surface area contributed by atoms with Crippen LogP contribution in [0.5, 0.6) is 11.5 Å². The Labute approximate surface area is 142 Å². The fourth-order valence-corrected chi connectivity index (χ4v) is 2.60. The number of hydrogen-bond acceptors (Lipinski definition) is 4. The molecular weight excluding hydrogens is 310 g/mol. The zero-order valence-corrected chi connectivity index (χ0v) is 14.5. The van der Waals surface area contributed by atoms with E-state index in [0.29, 0.717) is 31.1 Å². The molecule has 24 heavy (non-hydrogen) atoms. The molecule has 2 rings (SSSR count). The average Bonchev–Trinajstić information content (AvgIpc) is 2.95. The Morgan fingerprint density at radius 3 is 2.62 bits per heavy atom. The molecule has 1 aliphatic heterocycles. The second-order valence-corrected chi connectivity index (χ2v) is 5.60. The van der Waals surface area contributed by atoms with Crippen LogP contribution in [0.4, 0.5) is 10.5 Å². The zero-order valence-electron chi connectivity index (χ0n) is 14.5. The van der Waals surface area contributed by atoms with Crippen molar-refractivity contribution in [2.75, 3.05) is 45.3 Å². The monoisotopic (exact) mass is 335 g/mol. The lowest BCUT2D eigenvalue weighted by molar-refractivity contribution is -0.121. The number of carbonyl (C=O) groups excluding carboxylic acids is 2. The summed E-state index contributed by atoms with van der Waals surface area (Å²) in [6.45, 7) is 3.87. The number of rotatable bonds is 8. The third-order valence-electron chi connectivity index (χ3n) is 3.96. The van der Waals surface area contributed by atoms with E-state index in [1.54, 1.807) is 36.2 Å². The van der Waals surface area contributed by atoms with Crippen molar-refractivity contribution in [2.24, 2.45) is 0 Å². The van der Waals surface area contributed by atoms with Crippen LogP contribution in [0.15, 0.2) is 18.2 Å². The fraction of sp³-hybridized carbons (Fsp3) is 0.529. The van der Waals surface area contributed by atoms with Crippen LogP contribution in [0, 0.1) is 0 Å². The number of amides is 3. The van der Waals surface area contributed by atoms with E-state index >= 15 is 0 Å². The van der Waals surface area contributed by atoms with E-state index in [1.807, 2.05) is 6.07 Å². The molecule has 1 aliphatic rings. The summed E-state index contributed by atoms with van der Waals surface area (Å²) in [6, 6.07) is 5.17. The van der Waals surface area contributed by atoms with Gasteiger partial charge in [0, 0.05) is 31.4 Å². The summed E-state index contributed by atoms with van der Waals surface area (Å²) < 4.78 is 10.5. The van der Waals surface area contributed by atoms with Crippen LogP contribution < -0.4 is 19.7 Å². The van der Waals surface area contributed by atoms with Gasteiger partial charge in [0.15, 0.2) is 11.5 Å². The van der Waals surface area contributed by atoms with Gasteiger partial charge in [-0.1, -0.05) is 13.3 Å².